The van der Waals surface area contributed by atoms with Gasteiger partial charge in [-0.1, -0.05) is 0 Å². The SMILES string of the molecule is COc1ccc(F)cc1-c1cc(NC(=O)Cc2ccc[nH]2)ncn1. The molecule has 1 aromatic carbocycles. The van der Waals surface area contributed by atoms with Gasteiger partial charge in [0, 0.05) is 23.5 Å². The Morgan fingerprint density at radius 3 is 2.92 bits per heavy atom. The van der Waals surface area contributed by atoms with Crippen molar-refractivity contribution in [3.8, 4) is 17.0 Å². The third-order valence-corrected chi connectivity index (χ3v) is 3.39. The van der Waals surface area contributed by atoms with Crippen LogP contribution in [0.5, 0.6) is 5.75 Å². The quantitative estimate of drug-likeness (QED) is 0.755. The molecule has 0 saturated carbocycles. The first-order valence-corrected chi connectivity index (χ1v) is 7.24. The summed E-state index contributed by atoms with van der Waals surface area (Å²) < 4.78 is 18.7. The molecule has 0 atom stereocenters. The standard InChI is InChI=1S/C17H15FN4O2/c1-24-15-5-4-11(18)7-13(15)14-9-16(21-10-20-14)22-17(23)8-12-3-2-6-19-12/h2-7,9-10,19H,8H2,1H3,(H,20,21,22,23). The lowest BCUT2D eigenvalue weighted by Crippen LogP contribution is -2.15. The molecule has 3 aromatic rings. The Labute approximate surface area is 137 Å². The molecule has 2 N–H and O–H groups in total. The number of aromatic nitrogens is 3. The largest absolute Gasteiger partial charge is 0.496 e. The number of hydrogen-bond donors (Lipinski definition) is 2. The minimum Gasteiger partial charge on any atom is -0.496 e. The van der Waals surface area contributed by atoms with Crippen LogP contribution in [0.25, 0.3) is 11.3 Å². The predicted octanol–water partition coefficient (Wildman–Crippen LogP) is 2.80. The van der Waals surface area contributed by atoms with Crippen molar-refractivity contribution in [1.82, 2.24) is 15.0 Å². The van der Waals surface area contributed by atoms with E-state index in [1.54, 1.807) is 12.3 Å². The van der Waals surface area contributed by atoms with Gasteiger partial charge in [-0.2, -0.15) is 0 Å². The average Bonchev–Trinajstić information content (AvgIpc) is 3.08. The Bertz CT molecular complexity index is 850. The second-order valence-corrected chi connectivity index (χ2v) is 5.05. The Morgan fingerprint density at radius 1 is 1.29 bits per heavy atom. The molecule has 122 valence electrons. The lowest BCUT2D eigenvalue weighted by molar-refractivity contribution is -0.115. The van der Waals surface area contributed by atoms with Crippen LogP contribution < -0.4 is 10.1 Å². The second-order valence-electron chi connectivity index (χ2n) is 5.05. The number of benzene rings is 1. The maximum Gasteiger partial charge on any atom is 0.231 e. The van der Waals surface area contributed by atoms with Crippen molar-refractivity contribution in [1.29, 1.82) is 0 Å². The summed E-state index contributed by atoms with van der Waals surface area (Å²) >= 11 is 0. The maximum absolute atomic E-state index is 13.5. The number of amides is 1. The molecule has 0 fully saturated rings. The molecule has 0 radical (unpaired) electrons. The number of H-pyrrole nitrogens is 1. The highest BCUT2D eigenvalue weighted by atomic mass is 19.1. The summed E-state index contributed by atoms with van der Waals surface area (Å²) in [5, 5.41) is 2.70. The van der Waals surface area contributed by atoms with Gasteiger partial charge in [-0.05, 0) is 30.3 Å². The highest BCUT2D eigenvalue weighted by Gasteiger charge is 2.11. The number of halogens is 1. The molecule has 0 saturated heterocycles. The number of aromatic amines is 1. The fourth-order valence-corrected chi connectivity index (χ4v) is 2.29. The summed E-state index contributed by atoms with van der Waals surface area (Å²) in [6.45, 7) is 0. The Hall–Kier alpha value is -3.22. The van der Waals surface area contributed by atoms with Crippen LogP contribution in [-0.4, -0.2) is 28.0 Å². The van der Waals surface area contributed by atoms with Gasteiger partial charge >= 0.3 is 0 Å². The molecule has 6 nitrogen and oxygen atoms in total. The van der Waals surface area contributed by atoms with Gasteiger partial charge in [0.25, 0.3) is 0 Å². The zero-order valence-electron chi connectivity index (χ0n) is 12.9. The molecule has 0 spiro atoms. The number of carbonyl (C=O) groups is 1. The number of rotatable bonds is 5. The van der Waals surface area contributed by atoms with Crippen LogP contribution in [0.3, 0.4) is 0 Å². The summed E-state index contributed by atoms with van der Waals surface area (Å²) in [6, 6.07) is 9.37. The molecule has 1 amide bonds. The first kappa shape index (κ1) is 15.7. The molecule has 0 unspecified atom stereocenters. The van der Waals surface area contributed by atoms with Crippen molar-refractivity contribution in [2.24, 2.45) is 0 Å². The third kappa shape index (κ3) is 3.57. The summed E-state index contributed by atoms with van der Waals surface area (Å²) in [5.41, 5.74) is 1.74. The number of carbonyl (C=O) groups excluding carboxylic acids is 1. The minimum atomic E-state index is -0.401. The van der Waals surface area contributed by atoms with Crippen LogP contribution in [0.2, 0.25) is 0 Å². The number of hydrogen-bond acceptors (Lipinski definition) is 4. The van der Waals surface area contributed by atoms with Crippen LogP contribution in [-0.2, 0) is 11.2 Å². The molecule has 3 rings (SSSR count). The number of methoxy groups -OCH3 is 1. The van der Waals surface area contributed by atoms with Crippen molar-refractivity contribution in [3.63, 3.8) is 0 Å². The first-order chi connectivity index (χ1) is 11.7. The topological polar surface area (TPSA) is 79.9 Å². The monoisotopic (exact) mass is 326 g/mol. The Morgan fingerprint density at radius 2 is 2.17 bits per heavy atom. The molecule has 2 aromatic heterocycles. The van der Waals surface area contributed by atoms with Gasteiger partial charge in [-0.15, -0.1) is 0 Å². The van der Waals surface area contributed by atoms with Gasteiger partial charge in [-0.25, -0.2) is 14.4 Å². The normalized spacial score (nSPS) is 10.4. The van der Waals surface area contributed by atoms with Crippen molar-refractivity contribution in [2.75, 3.05) is 12.4 Å². The van der Waals surface area contributed by atoms with Crippen LogP contribution in [0, 0.1) is 5.82 Å². The summed E-state index contributed by atoms with van der Waals surface area (Å²) in [6.07, 6.45) is 3.27. The summed E-state index contributed by atoms with van der Waals surface area (Å²) in [4.78, 5) is 23.1. The van der Waals surface area contributed by atoms with E-state index in [0.717, 1.165) is 5.69 Å². The zero-order chi connectivity index (χ0) is 16.9. The molecular weight excluding hydrogens is 311 g/mol. The van der Waals surface area contributed by atoms with Gasteiger partial charge < -0.3 is 15.0 Å². The van der Waals surface area contributed by atoms with Crippen molar-refractivity contribution in [2.45, 2.75) is 6.42 Å². The van der Waals surface area contributed by atoms with Gasteiger partial charge in [0.2, 0.25) is 5.91 Å². The molecule has 0 aliphatic heterocycles. The minimum absolute atomic E-state index is 0.204. The zero-order valence-corrected chi connectivity index (χ0v) is 12.9. The van der Waals surface area contributed by atoms with Crippen LogP contribution in [0.4, 0.5) is 10.2 Å². The second kappa shape index (κ2) is 6.91. The van der Waals surface area contributed by atoms with E-state index in [4.69, 9.17) is 4.74 Å². The van der Waals surface area contributed by atoms with Crippen molar-refractivity contribution >= 4 is 11.7 Å². The fourth-order valence-electron chi connectivity index (χ4n) is 2.29. The van der Waals surface area contributed by atoms with Crippen molar-refractivity contribution < 1.29 is 13.9 Å². The molecular formula is C17H15FN4O2. The highest BCUT2D eigenvalue weighted by molar-refractivity contribution is 5.91. The van der Waals surface area contributed by atoms with Crippen molar-refractivity contribution in [3.05, 3.63) is 60.4 Å². The molecule has 2 heterocycles. The van der Waals surface area contributed by atoms with E-state index >= 15 is 0 Å². The summed E-state index contributed by atoms with van der Waals surface area (Å²) in [5.74, 6) is 0.205. The number of anilines is 1. The van der Waals surface area contributed by atoms with Gasteiger partial charge in [0.15, 0.2) is 0 Å². The number of ether oxygens (including phenoxy) is 1. The average molecular weight is 326 g/mol. The molecule has 7 heteroatoms. The van der Waals surface area contributed by atoms with Gasteiger partial charge in [-0.3, -0.25) is 4.79 Å². The van der Waals surface area contributed by atoms with E-state index < -0.39 is 5.82 Å². The van der Waals surface area contributed by atoms with E-state index in [9.17, 15) is 9.18 Å². The smallest absolute Gasteiger partial charge is 0.231 e. The van der Waals surface area contributed by atoms with E-state index in [-0.39, 0.29) is 12.3 Å². The lowest BCUT2D eigenvalue weighted by atomic mass is 10.1. The third-order valence-electron chi connectivity index (χ3n) is 3.39. The highest BCUT2D eigenvalue weighted by Crippen LogP contribution is 2.29. The van der Waals surface area contributed by atoms with E-state index in [1.807, 2.05) is 12.1 Å². The maximum atomic E-state index is 13.5. The van der Waals surface area contributed by atoms with Gasteiger partial charge in [0.05, 0.1) is 19.2 Å². The lowest BCUT2D eigenvalue weighted by Gasteiger charge is -2.09. The molecule has 0 aliphatic rings. The summed E-state index contributed by atoms with van der Waals surface area (Å²) in [7, 11) is 1.50. The predicted molar refractivity (Wildman–Crippen MR) is 87.1 cm³/mol. The van der Waals surface area contributed by atoms with E-state index in [1.165, 1.54) is 31.6 Å². The number of nitrogens with zero attached hydrogens (tertiary/aromatic N) is 2. The van der Waals surface area contributed by atoms with Gasteiger partial charge in [0.1, 0.15) is 23.7 Å². The van der Waals surface area contributed by atoms with E-state index in [2.05, 4.69) is 20.3 Å². The molecule has 24 heavy (non-hydrogen) atoms. The fraction of sp³-hybridized carbons (Fsp3) is 0.118. The Kier molecular flexibility index (Phi) is 4.51. The first-order valence-electron chi connectivity index (χ1n) is 7.24. The Balaban J connectivity index is 1.82. The van der Waals surface area contributed by atoms with Crippen LogP contribution in [0.15, 0.2) is 48.9 Å². The number of nitrogens with one attached hydrogen (secondary N) is 2. The molecule has 0 aliphatic carbocycles. The van der Waals surface area contributed by atoms with Crippen LogP contribution in [0.1, 0.15) is 5.69 Å². The van der Waals surface area contributed by atoms with E-state index in [0.29, 0.717) is 22.8 Å². The van der Waals surface area contributed by atoms with Crippen LogP contribution >= 0.6 is 0 Å². The molecule has 0 bridgehead atoms.